The normalized spacial score (nSPS) is 14.5. The molecule has 21 heavy (non-hydrogen) atoms. The van der Waals surface area contributed by atoms with Gasteiger partial charge in [-0.2, -0.15) is 14.7 Å². The fourth-order valence-corrected chi connectivity index (χ4v) is 2.20. The van der Waals surface area contributed by atoms with Crippen molar-refractivity contribution in [2.24, 2.45) is 7.05 Å². The van der Waals surface area contributed by atoms with Gasteiger partial charge < -0.3 is 5.32 Å². The quantitative estimate of drug-likeness (QED) is 0.774. The first-order chi connectivity index (χ1) is 10.2. The van der Waals surface area contributed by atoms with Crippen LogP contribution in [0, 0.1) is 0 Å². The first-order valence-electron chi connectivity index (χ1n) is 6.73. The molecule has 0 spiro atoms. The van der Waals surface area contributed by atoms with Gasteiger partial charge in [-0.05, 0) is 25.0 Å². The SMILES string of the molecule is Cn1cc(NC(=O)c2ccc3nnc(C4CC4)n3n2)cn1. The van der Waals surface area contributed by atoms with Gasteiger partial charge in [-0.25, -0.2) is 0 Å². The van der Waals surface area contributed by atoms with Crippen molar-refractivity contribution in [3.05, 3.63) is 36.0 Å². The molecule has 1 aliphatic carbocycles. The smallest absolute Gasteiger partial charge is 0.276 e. The molecule has 0 atom stereocenters. The maximum Gasteiger partial charge on any atom is 0.276 e. The van der Waals surface area contributed by atoms with Crippen molar-refractivity contribution in [1.29, 1.82) is 0 Å². The van der Waals surface area contributed by atoms with Gasteiger partial charge in [0.25, 0.3) is 5.91 Å². The lowest BCUT2D eigenvalue weighted by Crippen LogP contribution is -2.15. The van der Waals surface area contributed by atoms with Crippen molar-refractivity contribution < 1.29 is 4.79 Å². The van der Waals surface area contributed by atoms with Crippen LogP contribution in [0.5, 0.6) is 0 Å². The average molecular weight is 283 g/mol. The molecule has 8 nitrogen and oxygen atoms in total. The summed E-state index contributed by atoms with van der Waals surface area (Å²) in [5.74, 6) is 0.977. The van der Waals surface area contributed by atoms with E-state index in [0.717, 1.165) is 18.7 Å². The minimum absolute atomic E-state index is 0.277. The van der Waals surface area contributed by atoms with Crippen LogP contribution in [0.4, 0.5) is 5.69 Å². The predicted molar refractivity (Wildman–Crippen MR) is 73.9 cm³/mol. The molecule has 1 amide bonds. The van der Waals surface area contributed by atoms with Crippen molar-refractivity contribution in [3.8, 4) is 0 Å². The van der Waals surface area contributed by atoms with Crippen LogP contribution in [0.25, 0.3) is 5.65 Å². The third kappa shape index (κ3) is 2.14. The Labute approximate surface area is 119 Å². The maximum absolute atomic E-state index is 12.2. The second kappa shape index (κ2) is 4.37. The molecule has 0 unspecified atom stereocenters. The van der Waals surface area contributed by atoms with Crippen LogP contribution >= 0.6 is 0 Å². The highest BCUT2D eigenvalue weighted by Crippen LogP contribution is 2.38. The van der Waals surface area contributed by atoms with Crippen LogP contribution < -0.4 is 5.32 Å². The molecule has 4 rings (SSSR count). The van der Waals surface area contributed by atoms with Crippen molar-refractivity contribution in [1.82, 2.24) is 29.6 Å². The fourth-order valence-electron chi connectivity index (χ4n) is 2.20. The highest BCUT2D eigenvalue weighted by molar-refractivity contribution is 6.02. The number of nitrogens with zero attached hydrogens (tertiary/aromatic N) is 6. The fraction of sp³-hybridized carbons (Fsp3) is 0.308. The van der Waals surface area contributed by atoms with E-state index in [1.807, 2.05) is 0 Å². The summed E-state index contributed by atoms with van der Waals surface area (Å²) in [7, 11) is 1.79. The molecule has 1 fully saturated rings. The molecular formula is C13H13N7O. The molecule has 0 aromatic carbocycles. The minimum Gasteiger partial charge on any atom is -0.318 e. The molecule has 0 saturated heterocycles. The maximum atomic E-state index is 12.2. The molecule has 1 N–H and O–H groups in total. The van der Waals surface area contributed by atoms with Gasteiger partial charge in [-0.1, -0.05) is 0 Å². The van der Waals surface area contributed by atoms with Crippen LogP contribution in [0.3, 0.4) is 0 Å². The third-order valence-corrected chi connectivity index (χ3v) is 3.42. The number of fused-ring (bicyclic) bond motifs is 1. The summed E-state index contributed by atoms with van der Waals surface area (Å²) in [5, 5.41) is 19.3. The number of rotatable bonds is 3. The highest BCUT2D eigenvalue weighted by Gasteiger charge is 2.29. The first kappa shape index (κ1) is 12.0. The number of carbonyl (C=O) groups is 1. The number of aryl methyl sites for hydroxylation is 1. The van der Waals surface area contributed by atoms with Crippen LogP contribution in [0.1, 0.15) is 35.1 Å². The second-order valence-electron chi connectivity index (χ2n) is 5.18. The molecule has 3 aromatic heterocycles. The number of aromatic nitrogens is 6. The molecule has 8 heteroatoms. The lowest BCUT2D eigenvalue weighted by Gasteiger charge is -2.03. The number of nitrogens with one attached hydrogen (secondary N) is 1. The van der Waals surface area contributed by atoms with E-state index < -0.39 is 0 Å². The van der Waals surface area contributed by atoms with Gasteiger partial charge in [-0.15, -0.1) is 10.2 Å². The van der Waals surface area contributed by atoms with E-state index in [4.69, 9.17) is 0 Å². The van der Waals surface area contributed by atoms with Crippen molar-refractivity contribution >= 4 is 17.2 Å². The molecule has 0 radical (unpaired) electrons. The first-order valence-corrected chi connectivity index (χ1v) is 6.73. The van der Waals surface area contributed by atoms with E-state index in [-0.39, 0.29) is 5.91 Å². The lowest BCUT2D eigenvalue weighted by atomic mass is 10.3. The van der Waals surface area contributed by atoms with Gasteiger partial charge in [0.2, 0.25) is 0 Å². The standard InChI is InChI=1S/C13H13N7O/c1-19-7-9(6-14-19)15-13(21)10-4-5-11-16-17-12(8-2-3-8)20(11)18-10/h4-8H,2-3H2,1H3,(H,15,21). The Hall–Kier alpha value is -2.77. The predicted octanol–water partition coefficient (Wildman–Crippen LogP) is 0.987. The Morgan fingerprint density at radius 2 is 2.19 bits per heavy atom. The number of carbonyl (C=O) groups excluding carboxylic acids is 1. The Bertz CT molecular complexity index is 830. The molecular weight excluding hydrogens is 270 g/mol. The van der Waals surface area contributed by atoms with Gasteiger partial charge in [0, 0.05) is 19.2 Å². The molecule has 0 aliphatic heterocycles. The van der Waals surface area contributed by atoms with Crippen LogP contribution in [-0.2, 0) is 7.05 Å². The Kier molecular flexibility index (Phi) is 2.50. The highest BCUT2D eigenvalue weighted by atomic mass is 16.1. The zero-order valence-electron chi connectivity index (χ0n) is 11.4. The van der Waals surface area contributed by atoms with Gasteiger partial charge in [0.05, 0.1) is 11.9 Å². The van der Waals surface area contributed by atoms with E-state index in [1.165, 1.54) is 0 Å². The van der Waals surface area contributed by atoms with Crippen LogP contribution in [0.15, 0.2) is 24.5 Å². The molecule has 1 aliphatic rings. The zero-order chi connectivity index (χ0) is 14.4. The van der Waals surface area contributed by atoms with E-state index in [9.17, 15) is 4.79 Å². The molecule has 3 heterocycles. The number of hydrogen-bond donors (Lipinski definition) is 1. The molecule has 1 saturated carbocycles. The summed E-state index contributed by atoms with van der Waals surface area (Å²) in [6.45, 7) is 0. The third-order valence-electron chi connectivity index (χ3n) is 3.42. The summed E-state index contributed by atoms with van der Waals surface area (Å²) < 4.78 is 3.28. The van der Waals surface area contributed by atoms with E-state index in [0.29, 0.717) is 22.9 Å². The zero-order valence-corrected chi connectivity index (χ0v) is 11.4. The summed E-state index contributed by atoms with van der Waals surface area (Å²) in [5.41, 5.74) is 1.62. The van der Waals surface area contributed by atoms with Gasteiger partial charge >= 0.3 is 0 Å². The van der Waals surface area contributed by atoms with Crippen LogP contribution in [0.2, 0.25) is 0 Å². The largest absolute Gasteiger partial charge is 0.318 e. The molecule has 3 aromatic rings. The van der Waals surface area contributed by atoms with Gasteiger partial charge in [-0.3, -0.25) is 9.48 Å². The summed E-state index contributed by atoms with van der Waals surface area (Å²) in [6, 6.07) is 3.40. The van der Waals surface area contributed by atoms with E-state index in [1.54, 1.807) is 40.8 Å². The van der Waals surface area contributed by atoms with Crippen LogP contribution in [-0.4, -0.2) is 35.5 Å². The second-order valence-corrected chi connectivity index (χ2v) is 5.18. The molecule has 0 bridgehead atoms. The van der Waals surface area contributed by atoms with Gasteiger partial charge in [0.15, 0.2) is 11.5 Å². The Morgan fingerprint density at radius 1 is 1.33 bits per heavy atom. The lowest BCUT2D eigenvalue weighted by molar-refractivity contribution is 0.102. The minimum atomic E-state index is -0.277. The summed E-state index contributed by atoms with van der Waals surface area (Å²) in [6.07, 6.45) is 5.53. The van der Waals surface area contributed by atoms with Crippen molar-refractivity contribution in [3.63, 3.8) is 0 Å². The number of amides is 1. The van der Waals surface area contributed by atoms with E-state index >= 15 is 0 Å². The van der Waals surface area contributed by atoms with Crippen molar-refractivity contribution in [2.75, 3.05) is 5.32 Å². The number of hydrogen-bond acceptors (Lipinski definition) is 5. The van der Waals surface area contributed by atoms with Gasteiger partial charge in [0.1, 0.15) is 5.69 Å². The monoisotopic (exact) mass is 283 g/mol. The Morgan fingerprint density at radius 3 is 2.90 bits per heavy atom. The topological polar surface area (TPSA) is 90.0 Å². The summed E-state index contributed by atoms with van der Waals surface area (Å²) >= 11 is 0. The van der Waals surface area contributed by atoms with E-state index in [2.05, 4.69) is 25.7 Å². The Balaban J connectivity index is 1.66. The summed E-state index contributed by atoms with van der Waals surface area (Å²) in [4.78, 5) is 12.2. The molecule has 106 valence electrons. The number of anilines is 1. The average Bonchev–Trinajstić information content (AvgIpc) is 3.11. The van der Waals surface area contributed by atoms with Crippen molar-refractivity contribution in [2.45, 2.75) is 18.8 Å².